The van der Waals surface area contributed by atoms with Crippen LogP contribution in [0.1, 0.15) is 77.6 Å². The average molecular weight is 367 g/mol. The van der Waals surface area contributed by atoms with Crippen LogP contribution in [0, 0.1) is 0 Å². The highest BCUT2D eigenvalue weighted by Gasteiger charge is 2.23. The minimum atomic E-state index is 0. The minimum absolute atomic E-state index is 0. The molecule has 1 rings (SSSR count). The summed E-state index contributed by atoms with van der Waals surface area (Å²) >= 11 is 0. The molecule has 0 saturated carbocycles. The summed E-state index contributed by atoms with van der Waals surface area (Å²) in [4.78, 5) is 0. The molecule has 2 heteroatoms. The van der Waals surface area contributed by atoms with Crippen molar-refractivity contribution in [3.63, 3.8) is 0 Å². The number of unbranched alkanes of at least 4 members (excludes halogenated alkanes) is 7. The Kier molecular flexibility index (Phi) is 12.0. The molecule has 1 saturated heterocycles. The number of quaternary nitrogens is 1. The Balaban J connectivity index is 0.00000289. The Morgan fingerprint density at radius 3 is 1.78 bits per heavy atom. The van der Waals surface area contributed by atoms with E-state index in [4.69, 9.17) is 0 Å². The third kappa shape index (κ3) is 8.73. The van der Waals surface area contributed by atoms with Crippen LogP contribution in [-0.4, -0.2) is 31.2 Å². The van der Waals surface area contributed by atoms with E-state index in [1.54, 1.807) is 0 Å². The molecule has 0 atom stereocenters. The van der Waals surface area contributed by atoms with Gasteiger partial charge in [-0.05, 0) is 32.1 Å². The fourth-order valence-corrected chi connectivity index (χ4v) is 3.13. The van der Waals surface area contributed by atoms with E-state index < -0.39 is 0 Å². The Hall–Kier alpha value is 0.690. The molecule has 0 bridgehead atoms. The van der Waals surface area contributed by atoms with E-state index in [1.165, 1.54) is 94.7 Å². The number of hydrogen-bond acceptors (Lipinski definition) is 0. The summed E-state index contributed by atoms with van der Waals surface area (Å²) < 4.78 is 1.37. The SMILES string of the molecule is CCCCCCCCCC[N+]1(C)CCCCC1.[I-]. The third-order valence-electron chi connectivity index (χ3n) is 4.45. The summed E-state index contributed by atoms with van der Waals surface area (Å²) in [5, 5.41) is 0. The van der Waals surface area contributed by atoms with Crippen molar-refractivity contribution in [2.75, 3.05) is 26.7 Å². The fourth-order valence-electron chi connectivity index (χ4n) is 3.13. The van der Waals surface area contributed by atoms with E-state index >= 15 is 0 Å². The van der Waals surface area contributed by atoms with Crippen LogP contribution in [0.25, 0.3) is 0 Å². The molecule has 0 N–H and O–H groups in total. The molecule has 1 heterocycles. The molecule has 18 heavy (non-hydrogen) atoms. The van der Waals surface area contributed by atoms with Crippen molar-refractivity contribution in [2.45, 2.75) is 77.6 Å². The van der Waals surface area contributed by atoms with Crippen molar-refractivity contribution in [1.29, 1.82) is 0 Å². The third-order valence-corrected chi connectivity index (χ3v) is 4.45. The number of halogens is 1. The maximum atomic E-state index is 2.47. The summed E-state index contributed by atoms with van der Waals surface area (Å²) in [6, 6.07) is 0. The zero-order chi connectivity index (χ0) is 12.4. The van der Waals surface area contributed by atoms with Crippen molar-refractivity contribution in [3.05, 3.63) is 0 Å². The Labute approximate surface area is 132 Å². The molecule has 1 nitrogen and oxygen atoms in total. The van der Waals surface area contributed by atoms with E-state index in [2.05, 4.69) is 14.0 Å². The van der Waals surface area contributed by atoms with Gasteiger partial charge in [-0.15, -0.1) is 0 Å². The fraction of sp³-hybridized carbons (Fsp3) is 1.00. The van der Waals surface area contributed by atoms with Gasteiger partial charge in [0.1, 0.15) is 0 Å². The maximum Gasteiger partial charge on any atom is 0.0784 e. The molecule has 1 aliphatic rings. The van der Waals surface area contributed by atoms with Gasteiger partial charge in [-0.1, -0.05) is 45.4 Å². The molecular weight excluding hydrogens is 333 g/mol. The molecule has 0 aromatic heterocycles. The second-order valence-electron chi connectivity index (χ2n) is 6.33. The van der Waals surface area contributed by atoms with Gasteiger partial charge in [-0.25, -0.2) is 0 Å². The predicted octanol–water partition coefficient (Wildman–Crippen LogP) is 1.76. The summed E-state index contributed by atoms with van der Waals surface area (Å²) in [6.45, 7) is 6.62. The lowest BCUT2D eigenvalue weighted by molar-refractivity contribution is -0.914. The van der Waals surface area contributed by atoms with Gasteiger partial charge in [0.2, 0.25) is 0 Å². The van der Waals surface area contributed by atoms with Gasteiger partial charge in [-0.3, -0.25) is 0 Å². The number of hydrogen-bond donors (Lipinski definition) is 0. The number of piperidine rings is 1. The lowest BCUT2D eigenvalue weighted by Crippen LogP contribution is -3.00. The molecule has 0 amide bonds. The van der Waals surface area contributed by atoms with Crippen LogP contribution >= 0.6 is 0 Å². The molecule has 0 unspecified atom stereocenters. The van der Waals surface area contributed by atoms with Crippen LogP contribution < -0.4 is 24.0 Å². The van der Waals surface area contributed by atoms with Crippen LogP contribution in [0.4, 0.5) is 0 Å². The molecular formula is C16H34IN. The molecule has 0 aromatic rings. The first-order valence-electron chi connectivity index (χ1n) is 8.10. The molecule has 0 aliphatic carbocycles. The van der Waals surface area contributed by atoms with Crippen molar-refractivity contribution >= 4 is 0 Å². The Morgan fingerprint density at radius 1 is 0.722 bits per heavy atom. The van der Waals surface area contributed by atoms with Crippen LogP contribution in [-0.2, 0) is 0 Å². The van der Waals surface area contributed by atoms with Crippen molar-refractivity contribution in [2.24, 2.45) is 0 Å². The lowest BCUT2D eigenvalue weighted by Gasteiger charge is -2.37. The van der Waals surface area contributed by atoms with Crippen molar-refractivity contribution in [3.8, 4) is 0 Å². The molecule has 0 spiro atoms. The van der Waals surface area contributed by atoms with Gasteiger partial charge < -0.3 is 28.5 Å². The molecule has 1 fully saturated rings. The van der Waals surface area contributed by atoms with Gasteiger partial charge in [0.05, 0.1) is 26.7 Å². The topological polar surface area (TPSA) is 0 Å². The predicted molar refractivity (Wildman–Crippen MR) is 77.2 cm³/mol. The first-order chi connectivity index (χ1) is 8.27. The number of rotatable bonds is 9. The number of nitrogens with zero attached hydrogens (tertiary/aromatic N) is 1. The Morgan fingerprint density at radius 2 is 1.22 bits per heavy atom. The van der Waals surface area contributed by atoms with Crippen LogP contribution in [0.5, 0.6) is 0 Å². The zero-order valence-corrected chi connectivity index (χ0v) is 14.9. The van der Waals surface area contributed by atoms with Gasteiger partial charge in [0.15, 0.2) is 0 Å². The second kappa shape index (κ2) is 11.5. The zero-order valence-electron chi connectivity index (χ0n) is 12.7. The molecule has 0 aromatic carbocycles. The second-order valence-corrected chi connectivity index (χ2v) is 6.33. The van der Waals surface area contributed by atoms with Gasteiger partial charge >= 0.3 is 0 Å². The largest absolute Gasteiger partial charge is 1.00 e. The van der Waals surface area contributed by atoms with E-state index in [9.17, 15) is 0 Å². The van der Waals surface area contributed by atoms with E-state index in [-0.39, 0.29) is 24.0 Å². The van der Waals surface area contributed by atoms with Crippen molar-refractivity contribution < 1.29 is 28.5 Å². The van der Waals surface area contributed by atoms with E-state index in [0.717, 1.165) is 0 Å². The van der Waals surface area contributed by atoms with Crippen LogP contribution in [0.15, 0.2) is 0 Å². The molecule has 110 valence electrons. The van der Waals surface area contributed by atoms with Crippen molar-refractivity contribution in [1.82, 2.24) is 0 Å². The quantitative estimate of drug-likeness (QED) is 0.331. The summed E-state index contributed by atoms with van der Waals surface area (Å²) in [7, 11) is 2.47. The van der Waals surface area contributed by atoms with Crippen LogP contribution in [0.3, 0.4) is 0 Å². The molecule has 1 aliphatic heterocycles. The summed E-state index contributed by atoms with van der Waals surface area (Å²) in [5.74, 6) is 0. The average Bonchev–Trinajstić information content (AvgIpc) is 2.33. The standard InChI is InChI=1S/C16H34N.HI/c1-3-4-5-6-7-8-9-11-14-17(2)15-12-10-13-16-17;/h3-16H2,1-2H3;1H/q+1;/p-1. The highest BCUT2D eigenvalue weighted by atomic mass is 127. The number of likely N-dealkylation sites (tertiary alicyclic amines) is 1. The normalized spacial score (nSPS) is 18.3. The van der Waals surface area contributed by atoms with Gasteiger partial charge in [0, 0.05) is 0 Å². The monoisotopic (exact) mass is 367 g/mol. The first-order valence-corrected chi connectivity index (χ1v) is 8.10. The van der Waals surface area contributed by atoms with Gasteiger partial charge in [-0.2, -0.15) is 0 Å². The van der Waals surface area contributed by atoms with Gasteiger partial charge in [0.25, 0.3) is 0 Å². The first kappa shape index (κ1) is 18.7. The maximum absolute atomic E-state index is 2.47. The molecule has 0 radical (unpaired) electrons. The minimum Gasteiger partial charge on any atom is -1.00 e. The highest BCUT2D eigenvalue weighted by molar-refractivity contribution is 4.53. The van der Waals surface area contributed by atoms with Crippen LogP contribution in [0.2, 0.25) is 0 Å². The van der Waals surface area contributed by atoms with E-state index in [1.807, 2.05) is 0 Å². The van der Waals surface area contributed by atoms with E-state index in [0.29, 0.717) is 0 Å². The highest BCUT2D eigenvalue weighted by Crippen LogP contribution is 2.18. The summed E-state index contributed by atoms with van der Waals surface area (Å²) in [5.41, 5.74) is 0. The Bertz CT molecular complexity index is 176. The smallest absolute Gasteiger partial charge is 0.0784 e. The lowest BCUT2D eigenvalue weighted by atomic mass is 10.1. The summed E-state index contributed by atoms with van der Waals surface area (Å²) in [6.07, 6.45) is 16.0.